The maximum absolute atomic E-state index is 9.25. The quantitative estimate of drug-likeness (QED) is 0.126. The summed E-state index contributed by atoms with van der Waals surface area (Å²) in [7, 11) is 0. The van der Waals surface area contributed by atoms with Crippen molar-refractivity contribution in [1.29, 1.82) is 0 Å². The molecule has 0 saturated heterocycles. The highest BCUT2D eigenvalue weighted by Crippen LogP contribution is 2.18. The summed E-state index contributed by atoms with van der Waals surface area (Å²) in [5, 5.41) is 38.2. The molecule has 1 unspecified atom stereocenters. The second-order valence-corrected chi connectivity index (χ2v) is 9.13. The fourth-order valence-electron chi connectivity index (χ4n) is 4.20. The highest BCUT2D eigenvalue weighted by atomic mass is 35.5. The second kappa shape index (κ2) is 28.1. The van der Waals surface area contributed by atoms with Crippen LogP contribution >= 0.6 is 0 Å². The van der Waals surface area contributed by atoms with Crippen molar-refractivity contribution in [2.45, 2.75) is 122 Å². The Hall–Kier alpha value is 0.0900. The lowest BCUT2D eigenvalue weighted by Gasteiger charge is -2.13. The number of rotatable bonds is 25. The maximum Gasteiger partial charge on any atom is 0.126 e. The molecule has 0 saturated carbocycles. The molecule has 0 radical (unpaired) electrons. The summed E-state index contributed by atoms with van der Waals surface area (Å²) in [6, 6.07) is 0. The second-order valence-electron chi connectivity index (χ2n) is 9.13. The third kappa shape index (κ3) is 26.2. The molecular formula is C25H54ClNO4. The highest BCUT2D eigenvalue weighted by molar-refractivity contribution is 4.59. The SMILES string of the molecule is OCCC(CCO)CCCCCCCCCCCCCCCCC[NH2+]CC(O)CO.[Cl-]. The van der Waals surface area contributed by atoms with E-state index in [-0.39, 0.29) is 32.2 Å². The van der Waals surface area contributed by atoms with Gasteiger partial charge in [-0.25, -0.2) is 0 Å². The summed E-state index contributed by atoms with van der Waals surface area (Å²) < 4.78 is 0. The zero-order valence-corrected chi connectivity index (χ0v) is 20.9. The molecule has 0 aliphatic heterocycles. The topological polar surface area (TPSA) is 97.5 Å². The first-order valence-electron chi connectivity index (χ1n) is 13.1. The molecule has 0 aromatic rings. The van der Waals surface area contributed by atoms with Crippen LogP contribution in [0.25, 0.3) is 0 Å². The number of unbranched alkanes of at least 4 members (excludes halogenated alkanes) is 14. The van der Waals surface area contributed by atoms with Gasteiger partial charge < -0.3 is 38.1 Å². The van der Waals surface area contributed by atoms with E-state index in [9.17, 15) is 5.11 Å². The van der Waals surface area contributed by atoms with Gasteiger partial charge in [0.15, 0.2) is 0 Å². The van der Waals surface area contributed by atoms with Gasteiger partial charge in [0.05, 0.1) is 13.2 Å². The van der Waals surface area contributed by atoms with Crippen LogP contribution in [0.2, 0.25) is 0 Å². The number of hydrogen-bond acceptors (Lipinski definition) is 4. The van der Waals surface area contributed by atoms with Gasteiger partial charge in [0.2, 0.25) is 0 Å². The first-order chi connectivity index (χ1) is 14.7. The van der Waals surface area contributed by atoms with Crippen molar-refractivity contribution >= 4 is 0 Å². The maximum atomic E-state index is 9.25. The van der Waals surface area contributed by atoms with Crippen LogP contribution in [0.4, 0.5) is 0 Å². The normalized spacial score (nSPS) is 12.3. The standard InChI is InChI=1S/C25H53NO4.ClH/c27-20-17-24(18-21-28)16-14-12-10-8-6-4-2-1-3-5-7-9-11-13-15-19-26-22-25(30)23-29;/h24-30H,1-23H2;1H. The van der Waals surface area contributed by atoms with Crippen molar-refractivity contribution in [2.24, 2.45) is 5.92 Å². The summed E-state index contributed by atoms with van der Waals surface area (Å²) >= 11 is 0. The lowest BCUT2D eigenvalue weighted by atomic mass is 9.94. The molecule has 31 heavy (non-hydrogen) atoms. The summed E-state index contributed by atoms with van der Waals surface area (Å²) in [5.74, 6) is 0.510. The number of quaternary nitrogens is 1. The lowest BCUT2D eigenvalue weighted by molar-refractivity contribution is -0.661. The molecule has 0 bridgehead atoms. The summed E-state index contributed by atoms with van der Waals surface area (Å²) in [6.45, 7) is 2.06. The Bertz CT molecular complexity index is 318. The lowest BCUT2D eigenvalue weighted by Crippen LogP contribution is -3.00. The van der Waals surface area contributed by atoms with E-state index >= 15 is 0 Å². The average molecular weight is 468 g/mol. The molecule has 0 heterocycles. The molecule has 0 spiro atoms. The molecule has 1 atom stereocenters. The van der Waals surface area contributed by atoms with Crippen molar-refractivity contribution in [3.8, 4) is 0 Å². The van der Waals surface area contributed by atoms with Gasteiger partial charge >= 0.3 is 0 Å². The van der Waals surface area contributed by atoms with Crippen LogP contribution in [0.3, 0.4) is 0 Å². The van der Waals surface area contributed by atoms with E-state index in [1.165, 1.54) is 96.3 Å². The smallest absolute Gasteiger partial charge is 0.126 e. The minimum Gasteiger partial charge on any atom is -1.00 e. The summed E-state index contributed by atoms with van der Waals surface area (Å²) in [4.78, 5) is 0. The first kappa shape index (κ1) is 33.3. The first-order valence-corrected chi connectivity index (χ1v) is 13.1. The fraction of sp³-hybridized carbons (Fsp3) is 1.00. The summed E-state index contributed by atoms with van der Waals surface area (Å²) in [6.07, 6.45) is 22.4. The molecule has 0 fully saturated rings. The monoisotopic (exact) mass is 467 g/mol. The van der Waals surface area contributed by atoms with Crippen LogP contribution in [0.15, 0.2) is 0 Å². The van der Waals surface area contributed by atoms with Gasteiger partial charge in [-0.1, -0.05) is 89.9 Å². The fourth-order valence-corrected chi connectivity index (χ4v) is 4.20. The number of halogens is 1. The average Bonchev–Trinajstić information content (AvgIpc) is 2.75. The molecule has 0 aromatic heterocycles. The van der Waals surface area contributed by atoms with E-state index in [1.54, 1.807) is 0 Å². The Kier molecular flexibility index (Phi) is 30.2. The Balaban J connectivity index is 0. The van der Waals surface area contributed by atoms with E-state index in [4.69, 9.17) is 15.3 Å². The molecule has 190 valence electrons. The van der Waals surface area contributed by atoms with E-state index < -0.39 is 6.10 Å². The van der Waals surface area contributed by atoms with Crippen LogP contribution in [0, 0.1) is 5.92 Å². The van der Waals surface area contributed by atoms with Gasteiger partial charge in [-0.15, -0.1) is 0 Å². The Morgan fingerprint density at radius 3 is 1.29 bits per heavy atom. The van der Waals surface area contributed by atoms with Crippen LogP contribution < -0.4 is 17.7 Å². The van der Waals surface area contributed by atoms with Crippen molar-refractivity contribution in [2.75, 3.05) is 32.9 Å². The van der Waals surface area contributed by atoms with E-state index in [2.05, 4.69) is 5.32 Å². The predicted octanol–water partition coefficient (Wildman–Crippen LogP) is 0.530. The number of aliphatic hydroxyl groups excluding tert-OH is 4. The van der Waals surface area contributed by atoms with Gasteiger partial charge in [-0.2, -0.15) is 0 Å². The van der Waals surface area contributed by atoms with Crippen LogP contribution in [-0.2, 0) is 0 Å². The number of aliphatic hydroxyl groups is 4. The number of nitrogens with two attached hydrogens (primary N) is 1. The Morgan fingerprint density at radius 2 is 0.903 bits per heavy atom. The molecule has 5 nitrogen and oxygen atoms in total. The molecule has 0 aliphatic rings. The Labute approximate surface area is 198 Å². The molecule has 0 aromatic carbocycles. The highest BCUT2D eigenvalue weighted by Gasteiger charge is 2.07. The predicted molar refractivity (Wildman–Crippen MR) is 126 cm³/mol. The zero-order chi connectivity index (χ0) is 22.1. The van der Waals surface area contributed by atoms with E-state index in [1.807, 2.05) is 0 Å². The zero-order valence-electron chi connectivity index (χ0n) is 20.2. The van der Waals surface area contributed by atoms with Crippen molar-refractivity contribution in [3.63, 3.8) is 0 Å². The van der Waals surface area contributed by atoms with Crippen molar-refractivity contribution < 1.29 is 38.1 Å². The molecule has 6 N–H and O–H groups in total. The van der Waals surface area contributed by atoms with E-state index in [0.717, 1.165) is 25.8 Å². The molecular weight excluding hydrogens is 414 g/mol. The van der Waals surface area contributed by atoms with E-state index in [0.29, 0.717) is 12.5 Å². The minimum absolute atomic E-state index is 0. The summed E-state index contributed by atoms with van der Waals surface area (Å²) in [5.41, 5.74) is 0. The number of hydrogen-bond donors (Lipinski definition) is 5. The molecule has 0 rings (SSSR count). The molecule has 0 amide bonds. The molecule has 6 heteroatoms. The van der Waals surface area contributed by atoms with Gasteiger partial charge in [0.1, 0.15) is 12.6 Å². The van der Waals surface area contributed by atoms with Crippen LogP contribution in [-0.4, -0.2) is 59.4 Å². The molecule has 0 aliphatic carbocycles. The van der Waals surface area contributed by atoms with Gasteiger partial charge in [-0.05, 0) is 31.6 Å². The van der Waals surface area contributed by atoms with Crippen molar-refractivity contribution in [3.05, 3.63) is 0 Å². The minimum atomic E-state index is -0.566. The third-order valence-corrected chi connectivity index (χ3v) is 6.24. The van der Waals surface area contributed by atoms with Gasteiger partial charge in [0, 0.05) is 13.2 Å². The van der Waals surface area contributed by atoms with Crippen LogP contribution in [0.1, 0.15) is 116 Å². The third-order valence-electron chi connectivity index (χ3n) is 6.24. The van der Waals surface area contributed by atoms with Crippen molar-refractivity contribution in [1.82, 2.24) is 0 Å². The van der Waals surface area contributed by atoms with Gasteiger partial charge in [0.25, 0.3) is 0 Å². The largest absolute Gasteiger partial charge is 1.00 e. The van der Waals surface area contributed by atoms with Crippen LogP contribution in [0.5, 0.6) is 0 Å². The Morgan fingerprint density at radius 1 is 0.516 bits per heavy atom. The van der Waals surface area contributed by atoms with Gasteiger partial charge in [-0.3, -0.25) is 0 Å².